The fourth-order valence-corrected chi connectivity index (χ4v) is 2.87. The number of carbonyl (C=O) groups excluding carboxylic acids is 2. The molecule has 24 heavy (non-hydrogen) atoms. The van der Waals surface area contributed by atoms with E-state index in [9.17, 15) is 18.8 Å². The van der Waals surface area contributed by atoms with Crippen LogP contribution in [0.2, 0.25) is 0 Å². The van der Waals surface area contributed by atoms with Gasteiger partial charge in [-0.05, 0) is 33.1 Å². The van der Waals surface area contributed by atoms with Crippen LogP contribution in [0.3, 0.4) is 0 Å². The zero-order valence-electron chi connectivity index (χ0n) is 14.6. The maximum Gasteiger partial charge on any atom is 0.404 e. The number of amides is 3. The molecule has 0 bridgehead atoms. The summed E-state index contributed by atoms with van der Waals surface area (Å²) in [6, 6.07) is -0.587. The van der Waals surface area contributed by atoms with Gasteiger partial charge in [0.1, 0.15) is 0 Å². The van der Waals surface area contributed by atoms with E-state index in [1.807, 2.05) is 6.92 Å². The number of rotatable bonds is 8. The predicted octanol–water partition coefficient (Wildman–Crippen LogP) is 1.67. The summed E-state index contributed by atoms with van der Waals surface area (Å²) in [5.74, 6) is -0.836. The third-order valence-electron chi connectivity index (χ3n) is 4.12. The number of nitrogens with one attached hydrogen (secondary N) is 2. The third-order valence-corrected chi connectivity index (χ3v) is 4.12. The van der Waals surface area contributed by atoms with Gasteiger partial charge in [-0.2, -0.15) is 0 Å². The Morgan fingerprint density at radius 3 is 2.58 bits per heavy atom. The second-order valence-corrected chi connectivity index (χ2v) is 6.70. The summed E-state index contributed by atoms with van der Waals surface area (Å²) in [4.78, 5) is 36.6. The van der Waals surface area contributed by atoms with Crippen molar-refractivity contribution in [1.29, 1.82) is 0 Å². The Balaban J connectivity index is 2.58. The van der Waals surface area contributed by atoms with E-state index in [-0.39, 0.29) is 24.9 Å². The Kier molecular flexibility index (Phi) is 7.44. The molecule has 8 heteroatoms. The van der Waals surface area contributed by atoms with Gasteiger partial charge in [0.2, 0.25) is 5.91 Å². The number of carboxylic acid groups (broad SMARTS) is 1. The summed E-state index contributed by atoms with van der Waals surface area (Å²) in [6.45, 7) is 5.08. The Morgan fingerprint density at radius 1 is 1.38 bits per heavy atom. The zero-order chi connectivity index (χ0) is 18.3. The summed E-state index contributed by atoms with van der Waals surface area (Å²) in [7, 11) is 0. The van der Waals surface area contributed by atoms with Crippen molar-refractivity contribution in [3.63, 3.8) is 0 Å². The largest absolute Gasteiger partial charge is 0.465 e. The summed E-state index contributed by atoms with van der Waals surface area (Å²) in [5, 5.41) is 13.8. The van der Waals surface area contributed by atoms with Gasteiger partial charge >= 0.3 is 6.09 Å². The van der Waals surface area contributed by atoms with Crippen LogP contribution < -0.4 is 10.6 Å². The van der Waals surface area contributed by atoms with Crippen LogP contribution in [0.25, 0.3) is 0 Å². The monoisotopic (exact) mass is 345 g/mol. The van der Waals surface area contributed by atoms with E-state index in [1.54, 1.807) is 4.90 Å². The molecule has 1 heterocycles. The van der Waals surface area contributed by atoms with Crippen LogP contribution >= 0.6 is 0 Å². The fourth-order valence-electron chi connectivity index (χ4n) is 2.87. The second-order valence-electron chi connectivity index (χ2n) is 6.70. The van der Waals surface area contributed by atoms with Crippen LogP contribution in [-0.2, 0) is 9.59 Å². The Labute approximate surface area is 142 Å². The summed E-state index contributed by atoms with van der Waals surface area (Å²) in [6.07, 6.45) is 1.86. The number of halogens is 1. The van der Waals surface area contributed by atoms with E-state index in [0.717, 1.165) is 19.3 Å². The molecule has 1 aliphatic heterocycles. The van der Waals surface area contributed by atoms with Gasteiger partial charge in [-0.1, -0.05) is 13.3 Å². The van der Waals surface area contributed by atoms with Crippen molar-refractivity contribution in [3.05, 3.63) is 0 Å². The molecule has 1 fully saturated rings. The molecule has 0 radical (unpaired) electrons. The first-order valence-corrected chi connectivity index (χ1v) is 8.41. The highest BCUT2D eigenvalue weighted by atomic mass is 19.1. The average molecular weight is 345 g/mol. The van der Waals surface area contributed by atoms with Gasteiger partial charge in [0, 0.05) is 31.6 Å². The molecule has 1 unspecified atom stereocenters. The van der Waals surface area contributed by atoms with E-state index < -0.39 is 23.7 Å². The highest BCUT2D eigenvalue weighted by Gasteiger charge is 2.32. The number of likely N-dealkylation sites (tertiary alicyclic amines) is 1. The van der Waals surface area contributed by atoms with Crippen molar-refractivity contribution in [2.24, 2.45) is 0 Å². The molecule has 7 nitrogen and oxygen atoms in total. The average Bonchev–Trinajstić information content (AvgIpc) is 2.91. The lowest BCUT2D eigenvalue weighted by Gasteiger charge is -2.27. The Hall–Kier alpha value is -1.86. The van der Waals surface area contributed by atoms with Gasteiger partial charge in [-0.15, -0.1) is 0 Å². The molecule has 0 aromatic heterocycles. The molecule has 0 aliphatic carbocycles. The van der Waals surface area contributed by atoms with Crippen LogP contribution in [0.15, 0.2) is 0 Å². The van der Waals surface area contributed by atoms with E-state index in [1.165, 1.54) is 13.8 Å². The van der Waals surface area contributed by atoms with Crippen molar-refractivity contribution < 1.29 is 23.9 Å². The lowest BCUT2D eigenvalue weighted by Crippen LogP contribution is -2.48. The molecule has 1 rings (SSSR count). The minimum atomic E-state index is -1.95. The first-order chi connectivity index (χ1) is 11.1. The summed E-state index contributed by atoms with van der Waals surface area (Å²) < 4.78 is 13.5. The molecule has 138 valence electrons. The number of nitrogens with zero attached hydrogens (tertiary/aromatic N) is 1. The maximum absolute atomic E-state index is 13.5. The van der Waals surface area contributed by atoms with Crippen molar-refractivity contribution in [3.8, 4) is 0 Å². The van der Waals surface area contributed by atoms with Gasteiger partial charge < -0.3 is 20.6 Å². The van der Waals surface area contributed by atoms with Gasteiger partial charge in [0.25, 0.3) is 5.91 Å². The molecule has 0 spiro atoms. The standard InChI is InChI=1S/C16H28FN3O4/c1-4-6-11(19-15(23)24)9-13(21)20-8-5-7-12(20)10-18-14(22)16(2,3)17/h11-12,19H,4-10H2,1-3H3,(H,18,22)(H,23,24)/t11?,12-/m0/s1. The van der Waals surface area contributed by atoms with E-state index in [4.69, 9.17) is 5.11 Å². The highest BCUT2D eigenvalue weighted by molar-refractivity contribution is 5.84. The zero-order valence-corrected chi connectivity index (χ0v) is 14.6. The molecule has 0 aromatic rings. The topological polar surface area (TPSA) is 98.7 Å². The molecule has 0 aromatic carbocycles. The molecule has 1 aliphatic rings. The fraction of sp³-hybridized carbons (Fsp3) is 0.812. The van der Waals surface area contributed by atoms with Gasteiger partial charge in [0.15, 0.2) is 5.67 Å². The van der Waals surface area contributed by atoms with Crippen LogP contribution in [0.4, 0.5) is 9.18 Å². The van der Waals surface area contributed by atoms with Crippen LogP contribution in [0.5, 0.6) is 0 Å². The first-order valence-electron chi connectivity index (χ1n) is 8.41. The molecular weight excluding hydrogens is 317 g/mol. The van der Waals surface area contributed by atoms with Crippen molar-refractivity contribution in [1.82, 2.24) is 15.5 Å². The van der Waals surface area contributed by atoms with Gasteiger partial charge in [-0.25, -0.2) is 9.18 Å². The molecule has 2 atom stereocenters. The van der Waals surface area contributed by atoms with Crippen molar-refractivity contribution in [2.75, 3.05) is 13.1 Å². The van der Waals surface area contributed by atoms with Crippen LogP contribution in [0.1, 0.15) is 52.9 Å². The SMILES string of the molecule is CCCC(CC(=O)N1CCC[C@H]1CNC(=O)C(C)(C)F)NC(=O)O. The quantitative estimate of drug-likeness (QED) is 0.623. The smallest absolute Gasteiger partial charge is 0.404 e. The minimum absolute atomic E-state index is 0.0964. The normalized spacial score (nSPS) is 19.0. The Morgan fingerprint density at radius 2 is 2.04 bits per heavy atom. The second kappa shape index (κ2) is 8.84. The first kappa shape index (κ1) is 20.2. The number of hydrogen-bond acceptors (Lipinski definition) is 3. The van der Waals surface area contributed by atoms with Crippen molar-refractivity contribution in [2.45, 2.75) is 70.6 Å². The summed E-state index contributed by atoms with van der Waals surface area (Å²) >= 11 is 0. The van der Waals surface area contributed by atoms with Gasteiger partial charge in [0.05, 0.1) is 0 Å². The van der Waals surface area contributed by atoms with Crippen molar-refractivity contribution >= 4 is 17.9 Å². The lowest BCUT2D eigenvalue weighted by molar-refractivity contribution is -0.134. The molecule has 0 saturated carbocycles. The minimum Gasteiger partial charge on any atom is -0.465 e. The lowest BCUT2D eigenvalue weighted by atomic mass is 10.1. The van der Waals surface area contributed by atoms with E-state index >= 15 is 0 Å². The molecular formula is C16H28FN3O4. The third kappa shape index (κ3) is 6.33. The van der Waals surface area contributed by atoms with E-state index in [0.29, 0.717) is 13.0 Å². The van der Waals surface area contributed by atoms with Crippen LogP contribution in [0, 0.1) is 0 Å². The highest BCUT2D eigenvalue weighted by Crippen LogP contribution is 2.19. The van der Waals surface area contributed by atoms with Crippen LogP contribution in [-0.4, -0.2) is 58.8 Å². The van der Waals surface area contributed by atoms with Gasteiger partial charge in [-0.3, -0.25) is 9.59 Å². The summed E-state index contributed by atoms with van der Waals surface area (Å²) in [5.41, 5.74) is -1.95. The predicted molar refractivity (Wildman–Crippen MR) is 87.4 cm³/mol. The number of alkyl halides is 1. The Bertz CT molecular complexity index is 465. The number of hydrogen-bond donors (Lipinski definition) is 3. The van der Waals surface area contributed by atoms with E-state index in [2.05, 4.69) is 10.6 Å². The molecule has 3 amide bonds. The molecule has 1 saturated heterocycles. The number of carbonyl (C=O) groups is 3. The maximum atomic E-state index is 13.5. The molecule has 3 N–H and O–H groups in total.